The largest absolute Gasteiger partial charge is 0.501 e. The van der Waals surface area contributed by atoms with Gasteiger partial charge in [-0.25, -0.2) is 4.79 Å². The number of hydrogen-bond acceptors (Lipinski definition) is 4. The number of amides is 1. The van der Waals surface area contributed by atoms with Gasteiger partial charge in [-0.2, -0.15) is 5.10 Å². The second-order valence-electron chi connectivity index (χ2n) is 10.3. The number of nitrogens with one attached hydrogen (secondary N) is 1. The van der Waals surface area contributed by atoms with E-state index in [9.17, 15) is 4.79 Å². The maximum Gasteiger partial charge on any atom is 0.413 e. The minimum atomic E-state index is -0.501. The maximum absolute atomic E-state index is 12.6. The Morgan fingerprint density at radius 3 is 2.50 bits per heavy atom. The first-order chi connectivity index (χ1) is 17.4. The quantitative estimate of drug-likeness (QED) is 0.359. The van der Waals surface area contributed by atoms with Crippen molar-refractivity contribution in [1.29, 1.82) is 0 Å². The number of rotatable bonds is 7. The predicted octanol–water partition coefficient (Wildman–Crippen LogP) is 7.22. The van der Waals surface area contributed by atoms with Gasteiger partial charge < -0.3 is 9.47 Å². The summed E-state index contributed by atoms with van der Waals surface area (Å²) in [7, 11) is 3.55. The Morgan fingerprint density at radius 2 is 1.83 bits per heavy atom. The van der Waals surface area contributed by atoms with Gasteiger partial charge in [0.1, 0.15) is 11.9 Å². The molecule has 2 aliphatic carbocycles. The smallest absolute Gasteiger partial charge is 0.413 e. The molecule has 1 aromatic heterocycles. The third-order valence-corrected chi connectivity index (χ3v) is 8.23. The van der Waals surface area contributed by atoms with Crippen LogP contribution in [0.4, 0.5) is 10.6 Å². The van der Waals surface area contributed by atoms with Crippen molar-refractivity contribution in [1.82, 2.24) is 9.78 Å². The first-order valence-corrected chi connectivity index (χ1v) is 12.8. The number of methoxy groups -OCH3 is 1. The lowest BCUT2D eigenvalue weighted by Crippen LogP contribution is -2.18. The average molecular weight is 486 g/mol. The summed E-state index contributed by atoms with van der Waals surface area (Å²) in [4.78, 5) is 12.6. The van der Waals surface area contributed by atoms with Gasteiger partial charge in [0.15, 0.2) is 0 Å². The SMILES string of the molecule is C=C(OC)C1CC12CCC(c1ccc(-c3cnn(C)c3NC(=O)OC(C)c3ccccc3)cc1)CC2. The van der Waals surface area contributed by atoms with E-state index in [-0.39, 0.29) is 6.10 Å². The number of nitrogens with zero attached hydrogens (tertiary/aromatic N) is 2. The molecule has 2 unspecified atom stereocenters. The molecule has 2 aromatic carbocycles. The van der Waals surface area contributed by atoms with E-state index in [1.54, 1.807) is 18.0 Å². The number of allylic oxidation sites excluding steroid dienone is 1. The zero-order chi connectivity index (χ0) is 25.3. The molecule has 1 heterocycles. The second kappa shape index (κ2) is 9.84. The lowest BCUT2D eigenvalue weighted by Gasteiger charge is -2.30. The molecule has 1 N–H and O–H groups in total. The number of ether oxygens (including phenoxy) is 2. The lowest BCUT2D eigenvalue weighted by atomic mass is 9.75. The highest BCUT2D eigenvalue weighted by atomic mass is 16.6. The summed E-state index contributed by atoms with van der Waals surface area (Å²) in [5, 5.41) is 7.27. The molecule has 0 saturated heterocycles. The van der Waals surface area contributed by atoms with E-state index < -0.39 is 6.09 Å². The van der Waals surface area contributed by atoms with Crippen molar-refractivity contribution in [3.63, 3.8) is 0 Å². The Hall–Kier alpha value is -3.54. The van der Waals surface area contributed by atoms with Crippen LogP contribution in [0, 0.1) is 11.3 Å². The first kappa shape index (κ1) is 24.2. The minimum absolute atomic E-state index is 0.352. The summed E-state index contributed by atoms with van der Waals surface area (Å²) in [6, 6.07) is 18.4. The van der Waals surface area contributed by atoms with Crippen molar-refractivity contribution in [3.05, 3.63) is 84.3 Å². The monoisotopic (exact) mass is 485 g/mol. The van der Waals surface area contributed by atoms with E-state index in [2.05, 4.69) is 41.3 Å². The molecule has 2 saturated carbocycles. The number of anilines is 1. The van der Waals surface area contributed by atoms with E-state index in [1.165, 1.54) is 37.7 Å². The third-order valence-electron chi connectivity index (χ3n) is 8.23. The fourth-order valence-corrected chi connectivity index (χ4v) is 5.83. The highest BCUT2D eigenvalue weighted by molar-refractivity contribution is 5.90. The Bertz CT molecular complexity index is 1220. The van der Waals surface area contributed by atoms with Gasteiger partial charge in [-0.15, -0.1) is 0 Å². The number of hydrogen-bond donors (Lipinski definition) is 1. The standard InChI is InChI=1S/C30H35N3O3/c1-20(22-8-6-5-7-9-22)36-29(34)32-28-26(19-31-33(28)3)25-12-10-23(11-13-25)24-14-16-30(17-15-24)18-27(30)21(2)35-4/h5-13,19-20,24,27H,2,14-18H2,1,3-4H3,(H,32,34). The topological polar surface area (TPSA) is 65.4 Å². The van der Waals surface area contributed by atoms with Crippen LogP contribution in [0.2, 0.25) is 0 Å². The third kappa shape index (κ3) is 4.77. The van der Waals surface area contributed by atoms with E-state index in [0.29, 0.717) is 23.1 Å². The lowest BCUT2D eigenvalue weighted by molar-refractivity contribution is 0.121. The molecule has 2 atom stereocenters. The predicted molar refractivity (Wildman–Crippen MR) is 142 cm³/mol. The molecule has 0 radical (unpaired) electrons. The van der Waals surface area contributed by atoms with Crippen LogP contribution in [0.25, 0.3) is 11.1 Å². The Kier molecular flexibility index (Phi) is 6.61. The summed E-state index contributed by atoms with van der Waals surface area (Å²) in [6.07, 6.45) is 7.06. The minimum Gasteiger partial charge on any atom is -0.501 e. The number of aromatic nitrogens is 2. The van der Waals surface area contributed by atoms with Gasteiger partial charge in [-0.1, -0.05) is 61.2 Å². The number of carbonyl (C=O) groups is 1. The molecule has 6 heteroatoms. The summed E-state index contributed by atoms with van der Waals surface area (Å²) in [5.41, 5.74) is 4.65. The Balaban J connectivity index is 1.22. The van der Waals surface area contributed by atoms with Crippen LogP contribution in [0.3, 0.4) is 0 Å². The zero-order valence-corrected chi connectivity index (χ0v) is 21.4. The summed E-state index contributed by atoms with van der Waals surface area (Å²) in [5.74, 6) is 2.70. The van der Waals surface area contributed by atoms with Crippen LogP contribution in [-0.4, -0.2) is 23.0 Å². The van der Waals surface area contributed by atoms with Gasteiger partial charge in [0, 0.05) is 18.5 Å². The summed E-state index contributed by atoms with van der Waals surface area (Å²) in [6.45, 7) is 5.96. The molecule has 3 aromatic rings. The molecular formula is C30H35N3O3. The molecular weight excluding hydrogens is 450 g/mol. The van der Waals surface area contributed by atoms with Gasteiger partial charge in [0.25, 0.3) is 0 Å². The molecule has 1 spiro atoms. The number of aryl methyl sites for hydroxylation is 1. The number of benzene rings is 2. The van der Waals surface area contributed by atoms with Crippen molar-refractivity contribution in [2.75, 3.05) is 12.4 Å². The van der Waals surface area contributed by atoms with Gasteiger partial charge in [0.05, 0.1) is 19.1 Å². The van der Waals surface area contributed by atoms with Crippen LogP contribution >= 0.6 is 0 Å². The van der Waals surface area contributed by atoms with E-state index in [0.717, 1.165) is 22.4 Å². The Morgan fingerprint density at radius 1 is 1.14 bits per heavy atom. The van der Waals surface area contributed by atoms with Crippen LogP contribution in [0.15, 0.2) is 73.1 Å². The van der Waals surface area contributed by atoms with Crippen LogP contribution in [-0.2, 0) is 16.5 Å². The van der Waals surface area contributed by atoms with Crippen molar-refractivity contribution in [2.24, 2.45) is 18.4 Å². The van der Waals surface area contributed by atoms with Crippen molar-refractivity contribution in [2.45, 2.75) is 51.0 Å². The van der Waals surface area contributed by atoms with Crippen LogP contribution < -0.4 is 5.32 Å². The van der Waals surface area contributed by atoms with Crippen molar-refractivity contribution >= 4 is 11.9 Å². The molecule has 5 rings (SSSR count). The zero-order valence-electron chi connectivity index (χ0n) is 21.4. The van der Waals surface area contributed by atoms with E-state index in [4.69, 9.17) is 9.47 Å². The highest BCUT2D eigenvalue weighted by Crippen LogP contribution is 2.65. The number of carbonyl (C=O) groups excluding carboxylic acids is 1. The summed E-state index contributed by atoms with van der Waals surface area (Å²) < 4.78 is 12.7. The fourth-order valence-electron chi connectivity index (χ4n) is 5.83. The molecule has 36 heavy (non-hydrogen) atoms. The summed E-state index contributed by atoms with van der Waals surface area (Å²) >= 11 is 0. The fraction of sp³-hybridized carbons (Fsp3) is 0.400. The average Bonchev–Trinajstić information content (AvgIpc) is 3.49. The van der Waals surface area contributed by atoms with Crippen LogP contribution in [0.5, 0.6) is 0 Å². The molecule has 1 amide bonds. The molecule has 0 aliphatic heterocycles. The normalized spacial score (nSPS) is 23.6. The molecule has 2 fully saturated rings. The van der Waals surface area contributed by atoms with Gasteiger partial charge >= 0.3 is 6.09 Å². The maximum atomic E-state index is 12.6. The van der Waals surface area contributed by atoms with Gasteiger partial charge in [-0.05, 0) is 67.1 Å². The van der Waals surface area contributed by atoms with Crippen molar-refractivity contribution in [3.8, 4) is 11.1 Å². The van der Waals surface area contributed by atoms with E-state index >= 15 is 0 Å². The van der Waals surface area contributed by atoms with Gasteiger partial charge in [0.2, 0.25) is 0 Å². The molecule has 0 bridgehead atoms. The molecule has 188 valence electrons. The first-order valence-electron chi connectivity index (χ1n) is 12.8. The Labute approximate surface area is 213 Å². The molecule has 2 aliphatic rings. The van der Waals surface area contributed by atoms with Crippen molar-refractivity contribution < 1.29 is 14.3 Å². The molecule has 6 nitrogen and oxygen atoms in total. The van der Waals surface area contributed by atoms with Gasteiger partial charge in [-0.3, -0.25) is 10.00 Å². The second-order valence-corrected chi connectivity index (χ2v) is 10.3. The van der Waals surface area contributed by atoms with E-state index in [1.807, 2.05) is 44.3 Å². The highest BCUT2D eigenvalue weighted by Gasteiger charge is 2.56. The van der Waals surface area contributed by atoms with Crippen LogP contribution in [0.1, 0.15) is 62.2 Å².